The minimum absolute atomic E-state index is 0.282. The first kappa shape index (κ1) is 11.6. The molecule has 1 aromatic rings. The maximum absolute atomic E-state index is 5.60. The van der Waals surface area contributed by atoms with E-state index in [4.69, 9.17) is 4.74 Å². The molecule has 0 aromatic carbocycles. The highest BCUT2D eigenvalue weighted by atomic mass is 32.1. The van der Waals surface area contributed by atoms with Crippen molar-refractivity contribution in [2.45, 2.75) is 32.9 Å². The number of likely N-dealkylation sites (N-methyl/N-ethyl adjacent to an activating group) is 1. The van der Waals surface area contributed by atoms with Crippen molar-refractivity contribution in [2.24, 2.45) is 0 Å². The lowest BCUT2D eigenvalue weighted by atomic mass is 10.2. The number of thiazole rings is 1. The zero-order valence-electron chi connectivity index (χ0n) is 8.99. The van der Waals surface area contributed by atoms with Gasteiger partial charge in [0.25, 0.3) is 0 Å². The molecule has 0 spiro atoms. The van der Waals surface area contributed by atoms with Crippen LogP contribution >= 0.6 is 11.3 Å². The van der Waals surface area contributed by atoms with E-state index < -0.39 is 0 Å². The molecule has 14 heavy (non-hydrogen) atoms. The van der Waals surface area contributed by atoms with E-state index in [1.165, 1.54) is 4.88 Å². The maximum Gasteiger partial charge on any atom is 0.0794 e. The fourth-order valence-electron chi connectivity index (χ4n) is 1.17. The van der Waals surface area contributed by atoms with Gasteiger partial charge >= 0.3 is 0 Å². The Morgan fingerprint density at radius 2 is 2.36 bits per heavy atom. The van der Waals surface area contributed by atoms with E-state index in [1.54, 1.807) is 11.3 Å². The van der Waals surface area contributed by atoms with E-state index >= 15 is 0 Å². The van der Waals surface area contributed by atoms with Crippen LogP contribution in [0, 0.1) is 0 Å². The van der Waals surface area contributed by atoms with E-state index in [2.05, 4.69) is 31.1 Å². The van der Waals surface area contributed by atoms with Crippen molar-refractivity contribution in [3.63, 3.8) is 0 Å². The fourth-order valence-corrected chi connectivity index (χ4v) is 1.86. The third kappa shape index (κ3) is 3.74. The summed E-state index contributed by atoms with van der Waals surface area (Å²) in [5.41, 5.74) is 1.86. The van der Waals surface area contributed by atoms with Crippen molar-refractivity contribution in [1.29, 1.82) is 0 Å². The quantitative estimate of drug-likeness (QED) is 0.788. The fraction of sp³-hybridized carbons (Fsp3) is 0.700. The normalized spacial score (nSPS) is 13.4. The largest absolute Gasteiger partial charge is 0.377 e. The van der Waals surface area contributed by atoms with Crippen molar-refractivity contribution in [1.82, 2.24) is 10.3 Å². The average molecular weight is 214 g/mol. The highest BCUT2D eigenvalue weighted by molar-refractivity contribution is 7.09. The van der Waals surface area contributed by atoms with Gasteiger partial charge in [0.05, 0.1) is 24.3 Å². The van der Waals surface area contributed by atoms with Gasteiger partial charge in [0.15, 0.2) is 0 Å². The van der Waals surface area contributed by atoms with Crippen LogP contribution in [0.15, 0.2) is 11.7 Å². The highest BCUT2D eigenvalue weighted by Crippen LogP contribution is 2.17. The lowest BCUT2D eigenvalue weighted by Gasteiger charge is -2.17. The Bertz CT molecular complexity index is 236. The van der Waals surface area contributed by atoms with Crippen molar-refractivity contribution >= 4 is 11.3 Å². The van der Waals surface area contributed by atoms with Crippen molar-refractivity contribution in [3.05, 3.63) is 16.6 Å². The van der Waals surface area contributed by atoms with Gasteiger partial charge in [-0.1, -0.05) is 6.92 Å². The van der Waals surface area contributed by atoms with E-state index in [0.717, 1.165) is 6.54 Å². The summed E-state index contributed by atoms with van der Waals surface area (Å²) >= 11 is 1.67. The van der Waals surface area contributed by atoms with E-state index in [0.29, 0.717) is 6.61 Å². The van der Waals surface area contributed by atoms with Crippen molar-refractivity contribution in [2.75, 3.05) is 13.2 Å². The summed E-state index contributed by atoms with van der Waals surface area (Å²) in [5, 5.41) is 3.39. The molecule has 0 fully saturated rings. The molecule has 80 valence electrons. The highest BCUT2D eigenvalue weighted by Gasteiger charge is 2.12. The molecular weight excluding hydrogens is 196 g/mol. The Morgan fingerprint density at radius 1 is 1.57 bits per heavy atom. The Kier molecular flexibility index (Phi) is 5.07. The summed E-state index contributed by atoms with van der Waals surface area (Å²) in [4.78, 5) is 5.32. The molecule has 0 bridgehead atoms. The van der Waals surface area contributed by atoms with Gasteiger partial charge in [0.2, 0.25) is 0 Å². The van der Waals surface area contributed by atoms with E-state index in [1.807, 2.05) is 11.7 Å². The monoisotopic (exact) mass is 214 g/mol. The molecule has 1 rings (SSSR count). The Labute approximate surface area is 89.5 Å². The van der Waals surface area contributed by atoms with Crippen LogP contribution in [0.1, 0.15) is 31.7 Å². The van der Waals surface area contributed by atoms with Crippen LogP contribution in [0.3, 0.4) is 0 Å². The molecular formula is C10H18N2OS. The minimum Gasteiger partial charge on any atom is -0.377 e. The van der Waals surface area contributed by atoms with Gasteiger partial charge in [-0.3, -0.25) is 4.98 Å². The summed E-state index contributed by atoms with van der Waals surface area (Å²) in [6.07, 6.45) is 2.19. The van der Waals surface area contributed by atoms with Gasteiger partial charge in [-0.05, 0) is 20.4 Å². The zero-order chi connectivity index (χ0) is 10.4. The van der Waals surface area contributed by atoms with Crippen LogP contribution in [0.4, 0.5) is 0 Å². The van der Waals surface area contributed by atoms with Crippen LogP contribution in [-0.4, -0.2) is 24.2 Å². The molecule has 0 radical (unpaired) electrons. The van der Waals surface area contributed by atoms with Crippen LogP contribution in [0.2, 0.25) is 0 Å². The molecule has 0 amide bonds. The molecule has 1 unspecified atom stereocenters. The van der Waals surface area contributed by atoms with Gasteiger partial charge in [0, 0.05) is 11.1 Å². The molecule has 1 aromatic heterocycles. The Morgan fingerprint density at radius 3 is 2.86 bits per heavy atom. The first-order chi connectivity index (χ1) is 6.74. The van der Waals surface area contributed by atoms with Gasteiger partial charge in [-0.15, -0.1) is 11.3 Å². The van der Waals surface area contributed by atoms with Gasteiger partial charge in [-0.2, -0.15) is 0 Å². The zero-order valence-corrected chi connectivity index (χ0v) is 9.80. The smallest absolute Gasteiger partial charge is 0.0794 e. The number of hydrogen-bond donors (Lipinski definition) is 1. The molecule has 1 N–H and O–H groups in total. The van der Waals surface area contributed by atoms with Crippen molar-refractivity contribution < 1.29 is 4.74 Å². The van der Waals surface area contributed by atoms with Gasteiger partial charge < -0.3 is 10.1 Å². The Hall–Kier alpha value is -0.450. The first-order valence-corrected chi connectivity index (χ1v) is 5.85. The molecule has 4 heteroatoms. The predicted molar refractivity (Wildman–Crippen MR) is 59.6 cm³/mol. The van der Waals surface area contributed by atoms with Crippen LogP contribution in [0.5, 0.6) is 0 Å². The molecule has 0 aliphatic rings. The van der Waals surface area contributed by atoms with E-state index in [9.17, 15) is 0 Å². The lowest BCUT2D eigenvalue weighted by molar-refractivity contribution is 0.0620. The number of ether oxygens (including phenoxy) is 1. The molecule has 0 aliphatic carbocycles. The van der Waals surface area contributed by atoms with Gasteiger partial charge in [0.1, 0.15) is 0 Å². The lowest BCUT2D eigenvalue weighted by Crippen LogP contribution is -2.25. The van der Waals surface area contributed by atoms with Crippen LogP contribution < -0.4 is 5.32 Å². The number of hydrogen-bond acceptors (Lipinski definition) is 4. The summed E-state index contributed by atoms with van der Waals surface area (Å²) < 4.78 is 5.60. The minimum atomic E-state index is 0.282. The molecule has 0 saturated heterocycles. The van der Waals surface area contributed by atoms with Gasteiger partial charge in [-0.25, -0.2) is 0 Å². The van der Waals surface area contributed by atoms with Crippen molar-refractivity contribution in [3.8, 4) is 0 Å². The molecule has 3 nitrogen and oxygen atoms in total. The predicted octanol–water partition coefficient (Wildman–Crippen LogP) is 2.22. The maximum atomic E-state index is 5.60. The standard InChI is InChI=1S/C10H18N2OS/c1-4-12-9(6-13-8(2)3)10-5-11-7-14-10/h5,7-9,12H,4,6H2,1-3H3. The SMILES string of the molecule is CCNC(COC(C)C)c1cncs1. The second kappa shape index (κ2) is 6.11. The third-order valence-electron chi connectivity index (χ3n) is 1.84. The number of nitrogens with one attached hydrogen (secondary N) is 1. The first-order valence-electron chi connectivity index (χ1n) is 4.97. The average Bonchev–Trinajstić information content (AvgIpc) is 2.64. The number of aromatic nitrogens is 1. The molecule has 1 heterocycles. The second-order valence-electron chi connectivity index (χ2n) is 3.40. The molecule has 0 saturated carbocycles. The number of nitrogens with zero attached hydrogens (tertiary/aromatic N) is 1. The van der Waals surface area contributed by atoms with Crippen LogP contribution in [0.25, 0.3) is 0 Å². The van der Waals surface area contributed by atoms with Crippen LogP contribution in [-0.2, 0) is 4.74 Å². The number of rotatable bonds is 6. The Balaban J connectivity index is 2.47. The van der Waals surface area contributed by atoms with E-state index in [-0.39, 0.29) is 12.1 Å². The molecule has 1 atom stereocenters. The summed E-state index contributed by atoms with van der Waals surface area (Å²) in [6.45, 7) is 7.87. The topological polar surface area (TPSA) is 34.1 Å². The summed E-state index contributed by atoms with van der Waals surface area (Å²) in [6, 6.07) is 0.287. The summed E-state index contributed by atoms with van der Waals surface area (Å²) in [5.74, 6) is 0. The summed E-state index contributed by atoms with van der Waals surface area (Å²) in [7, 11) is 0. The second-order valence-corrected chi connectivity index (χ2v) is 4.31. The third-order valence-corrected chi connectivity index (χ3v) is 2.73. The molecule has 0 aliphatic heterocycles.